The van der Waals surface area contributed by atoms with Crippen molar-refractivity contribution in [3.63, 3.8) is 0 Å². The highest BCUT2D eigenvalue weighted by Gasteiger charge is 2.25. The molecule has 4 nitrogen and oxygen atoms in total. The van der Waals surface area contributed by atoms with Crippen LogP contribution in [0.1, 0.15) is 5.56 Å². The van der Waals surface area contributed by atoms with Crippen LogP contribution in [0, 0.1) is 0 Å². The van der Waals surface area contributed by atoms with Crippen molar-refractivity contribution >= 4 is 27.2 Å². The molecule has 3 aromatic carbocycles. The van der Waals surface area contributed by atoms with Gasteiger partial charge >= 0.3 is 0 Å². The Morgan fingerprint density at radius 2 is 2.05 bits per heavy atom. The fourth-order valence-corrected chi connectivity index (χ4v) is 3.57. The number of anilines is 1. The number of ether oxygens (including phenoxy) is 3. The molecule has 0 aliphatic carbocycles. The predicted octanol–water partition coefficient (Wildman–Crippen LogP) is 3.70. The Balaban J connectivity index is 2.00. The first-order valence-corrected chi connectivity index (χ1v) is 7.45. The number of rotatable bonds is 1. The highest BCUT2D eigenvalue weighted by atomic mass is 16.7. The molecular weight excluding hydrogens is 278 g/mol. The van der Waals surface area contributed by atoms with Crippen LogP contribution in [0.3, 0.4) is 0 Å². The lowest BCUT2D eigenvalue weighted by Gasteiger charge is -2.21. The molecule has 0 aromatic heterocycles. The van der Waals surface area contributed by atoms with Gasteiger partial charge in [-0.3, -0.25) is 0 Å². The average molecular weight is 293 g/mol. The Morgan fingerprint density at radius 1 is 1.09 bits per heavy atom. The Labute approximate surface area is 127 Å². The Morgan fingerprint density at radius 3 is 2.95 bits per heavy atom. The van der Waals surface area contributed by atoms with Gasteiger partial charge in [0.15, 0.2) is 11.5 Å². The lowest BCUT2D eigenvalue weighted by atomic mass is 9.92. The summed E-state index contributed by atoms with van der Waals surface area (Å²) in [5, 5.41) is 8.23. The van der Waals surface area contributed by atoms with Gasteiger partial charge in [-0.2, -0.15) is 0 Å². The van der Waals surface area contributed by atoms with Crippen LogP contribution in [0.2, 0.25) is 0 Å². The second kappa shape index (κ2) is 4.19. The smallest absolute Gasteiger partial charge is 0.231 e. The summed E-state index contributed by atoms with van der Waals surface area (Å²) >= 11 is 0. The normalized spacial score (nSPS) is 15.1. The molecule has 22 heavy (non-hydrogen) atoms. The summed E-state index contributed by atoms with van der Waals surface area (Å²) in [6.07, 6.45) is 1.00. The molecule has 110 valence electrons. The molecule has 0 fully saturated rings. The van der Waals surface area contributed by atoms with Crippen molar-refractivity contribution in [2.24, 2.45) is 0 Å². The van der Waals surface area contributed by atoms with Crippen molar-refractivity contribution in [1.82, 2.24) is 0 Å². The number of hydrogen-bond acceptors (Lipinski definition) is 4. The van der Waals surface area contributed by atoms with Crippen LogP contribution < -0.4 is 19.5 Å². The lowest BCUT2D eigenvalue weighted by molar-refractivity contribution is 0.175. The zero-order chi connectivity index (χ0) is 14.7. The number of hydrogen-bond donors (Lipinski definition) is 1. The molecule has 0 saturated carbocycles. The molecule has 0 amide bonds. The van der Waals surface area contributed by atoms with E-state index in [0.717, 1.165) is 46.7 Å². The van der Waals surface area contributed by atoms with E-state index in [1.54, 1.807) is 7.11 Å². The molecule has 0 spiro atoms. The SMILES string of the molecule is COc1ccc2c(c1)cc1c3c(cc4c(c32)OCO4)CCN1. The maximum Gasteiger partial charge on any atom is 0.231 e. The quantitative estimate of drug-likeness (QED) is 0.694. The Bertz CT molecular complexity index is 933. The van der Waals surface area contributed by atoms with E-state index in [-0.39, 0.29) is 0 Å². The zero-order valence-electron chi connectivity index (χ0n) is 12.2. The van der Waals surface area contributed by atoms with E-state index in [0.29, 0.717) is 6.79 Å². The van der Waals surface area contributed by atoms with Gasteiger partial charge in [0, 0.05) is 23.0 Å². The van der Waals surface area contributed by atoms with Gasteiger partial charge in [-0.05, 0) is 53.1 Å². The lowest BCUT2D eigenvalue weighted by Crippen LogP contribution is -2.11. The van der Waals surface area contributed by atoms with Gasteiger partial charge in [-0.1, -0.05) is 0 Å². The first kappa shape index (κ1) is 12.0. The topological polar surface area (TPSA) is 39.7 Å². The van der Waals surface area contributed by atoms with Crippen LogP contribution in [0.4, 0.5) is 5.69 Å². The summed E-state index contributed by atoms with van der Waals surface area (Å²) in [6, 6.07) is 10.5. The Hall–Kier alpha value is -2.62. The zero-order valence-corrected chi connectivity index (χ0v) is 12.2. The summed E-state index contributed by atoms with van der Waals surface area (Å²) in [5.74, 6) is 2.58. The first-order valence-electron chi connectivity index (χ1n) is 7.45. The molecule has 0 unspecified atom stereocenters. The molecule has 3 aromatic rings. The van der Waals surface area contributed by atoms with Gasteiger partial charge in [-0.25, -0.2) is 0 Å². The van der Waals surface area contributed by atoms with Crippen molar-refractivity contribution < 1.29 is 14.2 Å². The average Bonchev–Trinajstić information content (AvgIpc) is 3.02. The molecule has 2 aliphatic heterocycles. The molecular formula is C18H15NO3. The second-order valence-electron chi connectivity index (χ2n) is 5.71. The van der Waals surface area contributed by atoms with E-state index >= 15 is 0 Å². The monoisotopic (exact) mass is 293 g/mol. The predicted molar refractivity (Wildman–Crippen MR) is 86.3 cm³/mol. The van der Waals surface area contributed by atoms with Gasteiger partial charge in [0.05, 0.1) is 7.11 Å². The molecule has 2 aliphatic rings. The molecule has 5 rings (SSSR count). The standard InChI is InChI=1S/C18H15NO3/c1-20-12-2-3-13-11(6-12)7-14-16-10(4-5-19-14)8-15-18(17(13)16)22-9-21-15/h2-3,6-8,19H,4-5,9H2,1H3. The van der Waals surface area contributed by atoms with E-state index in [1.165, 1.54) is 16.3 Å². The summed E-state index contributed by atoms with van der Waals surface area (Å²) in [5.41, 5.74) is 2.49. The highest BCUT2D eigenvalue weighted by molar-refractivity contribution is 6.18. The van der Waals surface area contributed by atoms with Crippen molar-refractivity contribution in [3.05, 3.63) is 35.9 Å². The van der Waals surface area contributed by atoms with Crippen LogP contribution in [0.5, 0.6) is 17.2 Å². The maximum absolute atomic E-state index is 5.77. The Kier molecular flexibility index (Phi) is 2.28. The summed E-state index contributed by atoms with van der Waals surface area (Å²) in [7, 11) is 1.69. The van der Waals surface area contributed by atoms with Gasteiger partial charge in [-0.15, -0.1) is 0 Å². The molecule has 1 N–H and O–H groups in total. The van der Waals surface area contributed by atoms with Gasteiger partial charge in [0.1, 0.15) is 5.75 Å². The van der Waals surface area contributed by atoms with Crippen molar-refractivity contribution in [3.8, 4) is 17.2 Å². The third kappa shape index (κ3) is 1.47. The van der Waals surface area contributed by atoms with Crippen molar-refractivity contribution in [2.45, 2.75) is 6.42 Å². The minimum Gasteiger partial charge on any atom is -0.497 e. The summed E-state index contributed by atoms with van der Waals surface area (Å²) in [6.45, 7) is 1.24. The minimum absolute atomic E-state index is 0.295. The number of methoxy groups -OCH3 is 1. The van der Waals surface area contributed by atoms with E-state index in [1.807, 2.05) is 6.07 Å². The third-order valence-electron chi connectivity index (χ3n) is 4.55. The van der Waals surface area contributed by atoms with Crippen LogP contribution in [-0.2, 0) is 6.42 Å². The van der Waals surface area contributed by atoms with E-state index in [9.17, 15) is 0 Å². The fraction of sp³-hybridized carbons (Fsp3) is 0.222. The molecule has 0 atom stereocenters. The van der Waals surface area contributed by atoms with Crippen LogP contribution >= 0.6 is 0 Å². The number of benzene rings is 3. The van der Waals surface area contributed by atoms with Crippen molar-refractivity contribution in [2.75, 3.05) is 25.8 Å². The van der Waals surface area contributed by atoms with Crippen LogP contribution in [0.15, 0.2) is 30.3 Å². The number of nitrogens with one attached hydrogen (secondary N) is 1. The fourth-order valence-electron chi connectivity index (χ4n) is 3.57. The minimum atomic E-state index is 0.295. The van der Waals surface area contributed by atoms with Gasteiger partial charge < -0.3 is 19.5 Å². The molecule has 0 bridgehead atoms. The van der Waals surface area contributed by atoms with Crippen LogP contribution in [-0.4, -0.2) is 20.4 Å². The largest absolute Gasteiger partial charge is 0.497 e. The van der Waals surface area contributed by atoms with Gasteiger partial charge in [0.2, 0.25) is 6.79 Å². The molecule has 0 radical (unpaired) electrons. The van der Waals surface area contributed by atoms with Gasteiger partial charge in [0.25, 0.3) is 0 Å². The maximum atomic E-state index is 5.77. The van der Waals surface area contributed by atoms with E-state index in [2.05, 4.69) is 29.6 Å². The highest BCUT2D eigenvalue weighted by Crippen LogP contribution is 2.48. The molecule has 0 saturated heterocycles. The second-order valence-corrected chi connectivity index (χ2v) is 5.71. The summed E-state index contributed by atoms with van der Waals surface area (Å²) < 4.78 is 16.8. The van der Waals surface area contributed by atoms with Crippen molar-refractivity contribution in [1.29, 1.82) is 0 Å². The first-order chi connectivity index (χ1) is 10.8. The third-order valence-corrected chi connectivity index (χ3v) is 4.55. The van der Waals surface area contributed by atoms with E-state index < -0.39 is 0 Å². The molecule has 4 heteroatoms. The van der Waals surface area contributed by atoms with Crippen LogP contribution in [0.25, 0.3) is 21.5 Å². The number of fused-ring (bicyclic) bond motifs is 4. The molecule has 2 heterocycles. The van der Waals surface area contributed by atoms with E-state index in [4.69, 9.17) is 14.2 Å². The summed E-state index contributed by atoms with van der Waals surface area (Å²) in [4.78, 5) is 0.